The molecular formula is C13H15BrN2S. The number of thiophene rings is 1. The topological polar surface area (TPSA) is 38.9 Å². The van der Waals surface area contributed by atoms with Crippen LogP contribution in [0.25, 0.3) is 0 Å². The first-order valence-corrected chi connectivity index (χ1v) is 7.24. The quantitative estimate of drug-likeness (QED) is 0.935. The molecule has 0 saturated heterocycles. The van der Waals surface area contributed by atoms with Crippen molar-refractivity contribution in [3.05, 3.63) is 50.4 Å². The highest BCUT2D eigenvalue weighted by molar-refractivity contribution is 9.10. The number of halogens is 1. The first kappa shape index (κ1) is 12.7. The summed E-state index contributed by atoms with van der Waals surface area (Å²) in [7, 11) is 0. The van der Waals surface area contributed by atoms with Gasteiger partial charge in [-0.25, -0.2) is 0 Å². The molecule has 0 fully saturated rings. The predicted octanol–water partition coefficient (Wildman–Crippen LogP) is 3.71. The number of nitrogens with two attached hydrogens (primary N) is 1. The summed E-state index contributed by atoms with van der Waals surface area (Å²) in [5.74, 6) is 0. The van der Waals surface area contributed by atoms with E-state index in [1.165, 1.54) is 9.75 Å². The van der Waals surface area contributed by atoms with E-state index in [-0.39, 0.29) is 6.04 Å². The summed E-state index contributed by atoms with van der Waals surface area (Å²) in [6.45, 7) is 2.17. The Morgan fingerprint density at radius 2 is 2.06 bits per heavy atom. The van der Waals surface area contributed by atoms with Crippen LogP contribution in [0.4, 0.5) is 0 Å². The van der Waals surface area contributed by atoms with Crippen molar-refractivity contribution >= 4 is 27.3 Å². The zero-order valence-electron chi connectivity index (χ0n) is 9.69. The first-order valence-electron chi connectivity index (χ1n) is 5.63. The third-order valence-corrected chi connectivity index (χ3v) is 4.34. The fourth-order valence-electron chi connectivity index (χ4n) is 1.65. The average Bonchev–Trinajstić information content (AvgIpc) is 2.77. The van der Waals surface area contributed by atoms with Crippen LogP contribution in [-0.2, 0) is 12.8 Å². The number of hydrogen-bond acceptors (Lipinski definition) is 3. The molecule has 17 heavy (non-hydrogen) atoms. The summed E-state index contributed by atoms with van der Waals surface area (Å²) in [4.78, 5) is 7.08. The molecule has 0 bridgehead atoms. The number of rotatable bonds is 4. The van der Waals surface area contributed by atoms with Crippen molar-refractivity contribution in [1.82, 2.24) is 4.98 Å². The molecule has 0 aliphatic heterocycles. The van der Waals surface area contributed by atoms with Crippen LogP contribution in [-0.4, -0.2) is 4.98 Å². The summed E-state index contributed by atoms with van der Waals surface area (Å²) < 4.78 is 0.984. The zero-order chi connectivity index (χ0) is 12.3. The van der Waals surface area contributed by atoms with E-state index in [0.717, 1.165) is 23.0 Å². The van der Waals surface area contributed by atoms with E-state index in [9.17, 15) is 0 Å². The van der Waals surface area contributed by atoms with Gasteiger partial charge in [0, 0.05) is 26.8 Å². The van der Waals surface area contributed by atoms with Gasteiger partial charge in [-0.1, -0.05) is 6.92 Å². The zero-order valence-corrected chi connectivity index (χ0v) is 12.1. The predicted molar refractivity (Wildman–Crippen MR) is 76.3 cm³/mol. The van der Waals surface area contributed by atoms with Gasteiger partial charge in [0.1, 0.15) is 0 Å². The molecule has 2 aromatic heterocycles. The van der Waals surface area contributed by atoms with Crippen LogP contribution in [0, 0.1) is 0 Å². The maximum absolute atomic E-state index is 6.16. The lowest BCUT2D eigenvalue weighted by Crippen LogP contribution is -2.14. The third kappa shape index (κ3) is 3.37. The Kier molecular flexibility index (Phi) is 4.31. The second kappa shape index (κ2) is 5.76. The maximum atomic E-state index is 6.16. The summed E-state index contributed by atoms with van der Waals surface area (Å²) in [5.41, 5.74) is 7.10. The molecule has 0 spiro atoms. The second-order valence-corrected chi connectivity index (χ2v) is 6.10. The molecule has 2 aromatic rings. The van der Waals surface area contributed by atoms with Gasteiger partial charge < -0.3 is 5.73 Å². The summed E-state index contributed by atoms with van der Waals surface area (Å²) in [6.07, 6.45) is 3.75. The molecule has 1 unspecified atom stereocenters. The Hall–Kier alpha value is -0.710. The van der Waals surface area contributed by atoms with E-state index in [4.69, 9.17) is 5.73 Å². The first-order chi connectivity index (χ1) is 8.19. The largest absolute Gasteiger partial charge is 0.322 e. The molecule has 0 aromatic carbocycles. The van der Waals surface area contributed by atoms with Gasteiger partial charge >= 0.3 is 0 Å². The van der Waals surface area contributed by atoms with Crippen molar-refractivity contribution in [2.45, 2.75) is 25.8 Å². The van der Waals surface area contributed by atoms with Gasteiger partial charge in [0.2, 0.25) is 0 Å². The molecule has 2 rings (SSSR count). The molecule has 90 valence electrons. The number of pyridine rings is 1. The summed E-state index contributed by atoms with van der Waals surface area (Å²) >= 11 is 5.21. The van der Waals surface area contributed by atoms with Gasteiger partial charge in [-0.2, -0.15) is 0 Å². The lowest BCUT2D eigenvalue weighted by Gasteiger charge is -2.09. The maximum Gasteiger partial charge on any atom is 0.0575 e. The number of aromatic nitrogens is 1. The van der Waals surface area contributed by atoms with E-state index in [1.54, 1.807) is 6.20 Å². The Morgan fingerprint density at radius 1 is 1.29 bits per heavy atom. The molecule has 2 heterocycles. The van der Waals surface area contributed by atoms with Gasteiger partial charge in [0.25, 0.3) is 0 Å². The van der Waals surface area contributed by atoms with Crippen molar-refractivity contribution in [1.29, 1.82) is 0 Å². The van der Waals surface area contributed by atoms with Crippen LogP contribution in [0.5, 0.6) is 0 Å². The number of aryl methyl sites for hydroxylation is 1. The van der Waals surface area contributed by atoms with Crippen molar-refractivity contribution in [2.75, 3.05) is 0 Å². The fraction of sp³-hybridized carbons (Fsp3) is 0.308. The van der Waals surface area contributed by atoms with Crippen molar-refractivity contribution in [2.24, 2.45) is 5.73 Å². The molecule has 0 amide bonds. The molecule has 2 nitrogen and oxygen atoms in total. The van der Waals surface area contributed by atoms with Crippen molar-refractivity contribution in [3.8, 4) is 0 Å². The van der Waals surface area contributed by atoms with Gasteiger partial charge in [-0.15, -0.1) is 11.3 Å². The monoisotopic (exact) mass is 310 g/mol. The highest BCUT2D eigenvalue weighted by Gasteiger charge is 2.09. The normalized spacial score (nSPS) is 12.6. The van der Waals surface area contributed by atoms with Crippen molar-refractivity contribution in [3.63, 3.8) is 0 Å². The molecular weight excluding hydrogens is 296 g/mol. The molecule has 0 radical (unpaired) electrons. The van der Waals surface area contributed by atoms with Crippen LogP contribution < -0.4 is 5.73 Å². The summed E-state index contributed by atoms with van der Waals surface area (Å²) in [6, 6.07) is 8.28. The molecule has 0 aliphatic carbocycles. The SMILES string of the molecule is CCc1ccc(CC(N)c2ccc(Br)cn2)s1. The molecule has 4 heteroatoms. The van der Waals surface area contributed by atoms with E-state index < -0.39 is 0 Å². The van der Waals surface area contributed by atoms with E-state index >= 15 is 0 Å². The van der Waals surface area contributed by atoms with Gasteiger partial charge in [-0.3, -0.25) is 4.98 Å². The third-order valence-electron chi connectivity index (χ3n) is 2.62. The minimum Gasteiger partial charge on any atom is -0.322 e. The molecule has 1 atom stereocenters. The van der Waals surface area contributed by atoms with Crippen LogP contribution in [0.2, 0.25) is 0 Å². The Labute approximate surface area is 114 Å². The van der Waals surface area contributed by atoms with Gasteiger partial charge in [-0.05, 0) is 46.6 Å². The standard InChI is InChI=1S/C13H15BrN2S/c1-2-10-4-5-11(17-10)7-12(15)13-6-3-9(14)8-16-13/h3-6,8,12H,2,7,15H2,1H3. The Balaban J connectivity index is 2.05. The minimum atomic E-state index is -0.0218. The van der Waals surface area contributed by atoms with Crippen LogP contribution in [0.1, 0.15) is 28.4 Å². The Bertz CT molecular complexity index is 478. The molecule has 2 N–H and O–H groups in total. The number of hydrogen-bond donors (Lipinski definition) is 1. The average molecular weight is 311 g/mol. The number of nitrogens with zero attached hydrogens (tertiary/aromatic N) is 1. The lowest BCUT2D eigenvalue weighted by molar-refractivity contribution is 0.703. The lowest BCUT2D eigenvalue weighted by atomic mass is 10.1. The van der Waals surface area contributed by atoms with Gasteiger partial charge in [0.05, 0.1) is 11.7 Å². The van der Waals surface area contributed by atoms with E-state index in [0.29, 0.717) is 0 Å². The Morgan fingerprint density at radius 3 is 2.65 bits per heavy atom. The fourth-order valence-corrected chi connectivity index (χ4v) is 2.90. The van der Waals surface area contributed by atoms with E-state index in [1.807, 2.05) is 23.5 Å². The smallest absolute Gasteiger partial charge is 0.0575 e. The van der Waals surface area contributed by atoms with Crippen LogP contribution in [0.3, 0.4) is 0 Å². The highest BCUT2D eigenvalue weighted by atomic mass is 79.9. The van der Waals surface area contributed by atoms with Gasteiger partial charge in [0.15, 0.2) is 0 Å². The van der Waals surface area contributed by atoms with Crippen LogP contribution in [0.15, 0.2) is 34.9 Å². The second-order valence-electron chi connectivity index (χ2n) is 3.93. The highest BCUT2D eigenvalue weighted by Crippen LogP contribution is 2.22. The molecule has 0 saturated carbocycles. The van der Waals surface area contributed by atoms with Crippen molar-refractivity contribution < 1.29 is 0 Å². The van der Waals surface area contributed by atoms with E-state index in [2.05, 4.69) is 40.0 Å². The minimum absolute atomic E-state index is 0.0218. The molecule has 0 aliphatic rings. The summed E-state index contributed by atoms with van der Waals surface area (Å²) in [5, 5.41) is 0. The van der Waals surface area contributed by atoms with Crippen LogP contribution >= 0.6 is 27.3 Å².